The number of hydrogen-bond acceptors (Lipinski definition) is 4. The first kappa shape index (κ1) is 12.8. The van der Waals surface area contributed by atoms with Crippen molar-refractivity contribution < 1.29 is 0 Å². The van der Waals surface area contributed by atoms with Gasteiger partial charge in [-0.05, 0) is 26.2 Å². The number of hydrogen-bond donors (Lipinski definition) is 2. The van der Waals surface area contributed by atoms with Crippen molar-refractivity contribution in [1.82, 2.24) is 9.88 Å². The smallest absolute Gasteiger partial charge is 0.131 e. The van der Waals surface area contributed by atoms with E-state index >= 15 is 0 Å². The number of likely N-dealkylation sites (N-methyl/N-ethyl adjacent to an activating group) is 1. The van der Waals surface area contributed by atoms with E-state index in [9.17, 15) is 0 Å². The summed E-state index contributed by atoms with van der Waals surface area (Å²) in [6.07, 6.45) is 0. The molecule has 0 saturated carbocycles. The van der Waals surface area contributed by atoms with E-state index in [-0.39, 0.29) is 0 Å². The van der Waals surface area contributed by atoms with Crippen molar-refractivity contribution in [3.05, 3.63) is 35.9 Å². The maximum Gasteiger partial charge on any atom is 0.131 e. The highest BCUT2D eigenvalue weighted by molar-refractivity contribution is 5.81. The summed E-state index contributed by atoms with van der Waals surface area (Å²) in [5, 5.41) is 4.49. The Kier molecular flexibility index (Phi) is 4.12. The quantitative estimate of drug-likeness (QED) is 0.840. The molecule has 1 heterocycles. The van der Waals surface area contributed by atoms with Crippen molar-refractivity contribution in [2.45, 2.75) is 6.54 Å². The lowest BCUT2D eigenvalue weighted by molar-refractivity contribution is 0.425. The first-order valence-electron chi connectivity index (χ1n) is 6.18. The standard InChI is InChI=1S/C14H20N4/c1-18(2)8-7-16-14-12(10-15)9-11-5-3-4-6-13(11)17-14/h3-6,9H,7-8,10,15H2,1-2H3,(H,16,17). The molecule has 0 atom stereocenters. The number of nitrogens with two attached hydrogens (primary N) is 1. The van der Waals surface area contributed by atoms with Gasteiger partial charge in [-0.15, -0.1) is 0 Å². The summed E-state index contributed by atoms with van der Waals surface area (Å²) in [6.45, 7) is 2.34. The van der Waals surface area contributed by atoms with Crippen LogP contribution in [0.5, 0.6) is 0 Å². The monoisotopic (exact) mass is 244 g/mol. The fourth-order valence-corrected chi connectivity index (χ4v) is 1.87. The number of para-hydroxylation sites is 1. The van der Waals surface area contributed by atoms with Crippen molar-refractivity contribution in [3.8, 4) is 0 Å². The van der Waals surface area contributed by atoms with Crippen LogP contribution in [0.15, 0.2) is 30.3 Å². The molecular formula is C14H20N4. The number of rotatable bonds is 5. The highest BCUT2D eigenvalue weighted by atomic mass is 15.1. The van der Waals surface area contributed by atoms with E-state index in [2.05, 4.69) is 41.4 Å². The van der Waals surface area contributed by atoms with Crippen molar-refractivity contribution in [1.29, 1.82) is 0 Å². The van der Waals surface area contributed by atoms with Gasteiger partial charge in [0, 0.05) is 30.6 Å². The van der Waals surface area contributed by atoms with Crippen molar-refractivity contribution in [2.75, 3.05) is 32.5 Å². The van der Waals surface area contributed by atoms with Crippen LogP contribution in [-0.2, 0) is 6.54 Å². The zero-order valence-electron chi connectivity index (χ0n) is 11.0. The summed E-state index contributed by atoms with van der Waals surface area (Å²) in [5.74, 6) is 0.901. The second kappa shape index (κ2) is 5.80. The summed E-state index contributed by atoms with van der Waals surface area (Å²) in [7, 11) is 4.11. The minimum atomic E-state index is 0.502. The molecule has 0 unspecified atom stereocenters. The molecule has 0 fully saturated rings. The van der Waals surface area contributed by atoms with Gasteiger partial charge in [0.15, 0.2) is 0 Å². The summed E-state index contributed by atoms with van der Waals surface area (Å²) in [6, 6.07) is 10.2. The molecule has 0 aliphatic rings. The van der Waals surface area contributed by atoms with Gasteiger partial charge in [-0.1, -0.05) is 18.2 Å². The molecule has 1 aromatic carbocycles. The number of pyridine rings is 1. The SMILES string of the molecule is CN(C)CCNc1nc2ccccc2cc1CN. The number of nitrogens with zero attached hydrogens (tertiary/aromatic N) is 2. The number of fused-ring (bicyclic) bond motifs is 1. The van der Waals surface area contributed by atoms with E-state index < -0.39 is 0 Å². The first-order chi connectivity index (χ1) is 8.70. The topological polar surface area (TPSA) is 54.2 Å². The molecule has 1 aromatic heterocycles. The third-order valence-corrected chi connectivity index (χ3v) is 2.87. The molecule has 0 aliphatic heterocycles. The molecule has 18 heavy (non-hydrogen) atoms. The zero-order valence-corrected chi connectivity index (χ0v) is 11.0. The molecule has 0 bridgehead atoms. The van der Waals surface area contributed by atoms with E-state index in [1.54, 1.807) is 0 Å². The third kappa shape index (κ3) is 2.97. The minimum Gasteiger partial charge on any atom is -0.368 e. The van der Waals surface area contributed by atoms with Gasteiger partial charge in [-0.2, -0.15) is 0 Å². The Morgan fingerprint density at radius 1 is 1.28 bits per heavy atom. The number of benzene rings is 1. The highest BCUT2D eigenvalue weighted by Gasteiger charge is 2.05. The van der Waals surface area contributed by atoms with E-state index in [0.29, 0.717) is 6.54 Å². The molecule has 3 N–H and O–H groups in total. The van der Waals surface area contributed by atoms with Gasteiger partial charge < -0.3 is 16.0 Å². The fraction of sp³-hybridized carbons (Fsp3) is 0.357. The lowest BCUT2D eigenvalue weighted by Crippen LogP contribution is -2.21. The summed E-state index contributed by atoms with van der Waals surface area (Å²) in [4.78, 5) is 6.77. The Bertz CT molecular complexity index is 522. The molecule has 2 rings (SSSR count). The van der Waals surface area contributed by atoms with Gasteiger partial charge in [-0.25, -0.2) is 4.98 Å². The van der Waals surface area contributed by atoms with Crippen LogP contribution in [0.1, 0.15) is 5.56 Å². The van der Waals surface area contributed by atoms with Crippen LogP contribution in [0, 0.1) is 0 Å². The average molecular weight is 244 g/mol. The predicted octanol–water partition coefficient (Wildman–Crippen LogP) is 1.67. The van der Waals surface area contributed by atoms with Crippen LogP contribution in [-0.4, -0.2) is 37.1 Å². The van der Waals surface area contributed by atoms with E-state index in [1.165, 1.54) is 0 Å². The second-order valence-corrected chi connectivity index (χ2v) is 4.62. The van der Waals surface area contributed by atoms with Gasteiger partial charge in [0.25, 0.3) is 0 Å². The van der Waals surface area contributed by atoms with E-state index in [4.69, 9.17) is 5.73 Å². The largest absolute Gasteiger partial charge is 0.368 e. The van der Waals surface area contributed by atoms with Gasteiger partial charge >= 0.3 is 0 Å². The van der Waals surface area contributed by atoms with Crippen LogP contribution in [0.3, 0.4) is 0 Å². The Morgan fingerprint density at radius 3 is 2.78 bits per heavy atom. The lowest BCUT2D eigenvalue weighted by atomic mass is 10.1. The van der Waals surface area contributed by atoms with Crippen LogP contribution < -0.4 is 11.1 Å². The zero-order chi connectivity index (χ0) is 13.0. The van der Waals surface area contributed by atoms with E-state index in [0.717, 1.165) is 35.4 Å². The molecule has 96 valence electrons. The van der Waals surface area contributed by atoms with Crippen molar-refractivity contribution in [2.24, 2.45) is 5.73 Å². The molecule has 0 radical (unpaired) electrons. The number of anilines is 1. The Balaban J connectivity index is 2.24. The normalized spacial score (nSPS) is 11.1. The maximum atomic E-state index is 5.78. The first-order valence-corrected chi connectivity index (χ1v) is 6.18. The maximum absolute atomic E-state index is 5.78. The van der Waals surface area contributed by atoms with E-state index in [1.807, 2.05) is 18.2 Å². The van der Waals surface area contributed by atoms with Crippen LogP contribution >= 0.6 is 0 Å². The van der Waals surface area contributed by atoms with Crippen LogP contribution in [0.25, 0.3) is 10.9 Å². The fourth-order valence-electron chi connectivity index (χ4n) is 1.87. The Labute approximate surface area is 108 Å². The average Bonchev–Trinajstić information content (AvgIpc) is 2.37. The van der Waals surface area contributed by atoms with Crippen LogP contribution in [0.4, 0.5) is 5.82 Å². The van der Waals surface area contributed by atoms with Crippen molar-refractivity contribution >= 4 is 16.7 Å². The molecule has 0 saturated heterocycles. The molecule has 2 aromatic rings. The van der Waals surface area contributed by atoms with Gasteiger partial charge in [0.2, 0.25) is 0 Å². The molecule has 0 amide bonds. The van der Waals surface area contributed by atoms with Gasteiger partial charge in [0.05, 0.1) is 5.52 Å². The van der Waals surface area contributed by atoms with Crippen molar-refractivity contribution in [3.63, 3.8) is 0 Å². The predicted molar refractivity (Wildman–Crippen MR) is 76.7 cm³/mol. The highest BCUT2D eigenvalue weighted by Crippen LogP contribution is 2.19. The summed E-state index contributed by atoms with van der Waals surface area (Å²) >= 11 is 0. The number of aromatic nitrogens is 1. The minimum absolute atomic E-state index is 0.502. The molecular weight excluding hydrogens is 224 g/mol. The lowest BCUT2D eigenvalue weighted by Gasteiger charge is -2.14. The molecule has 4 heteroatoms. The second-order valence-electron chi connectivity index (χ2n) is 4.62. The summed E-state index contributed by atoms with van der Waals surface area (Å²) in [5.41, 5.74) is 7.85. The molecule has 4 nitrogen and oxygen atoms in total. The van der Waals surface area contributed by atoms with Gasteiger partial charge in [-0.3, -0.25) is 0 Å². The summed E-state index contributed by atoms with van der Waals surface area (Å²) < 4.78 is 0. The molecule has 0 aliphatic carbocycles. The third-order valence-electron chi connectivity index (χ3n) is 2.87. The Hall–Kier alpha value is -1.65. The Morgan fingerprint density at radius 2 is 2.06 bits per heavy atom. The number of nitrogens with one attached hydrogen (secondary N) is 1. The molecule has 0 spiro atoms. The van der Waals surface area contributed by atoms with Gasteiger partial charge in [0.1, 0.15) is 5.82 Å². The van der Waals surface area contributed by atoms with Crippen LogP contribution in [0.2, 0.25) is 0 Å².